The van der Waals surface area contributed by atoms with E-state index in [2.05, 4.69) is 13.8 Å². The van der Waals surface area contributed by atoms with Crippen molar-refractivity contribution in [1.29, 1.82) is 0 Å². The molecule has 0 aromatic carbocycles. The Hall–Kier alpha value is -0.410. The third kappa shape index (κ3) is 3.25. The minimum absolute atomic E-state index is 0.0458. The Kier molecular flexibility index (Phi) is 5.25. The SMILES string of the molecule is CC(=O)C(O)C(C)[C@@H]1CC[C@@H](C)C2CCC(C)OCC21. The second kappa shape index (κ2) is 6.57. The number of carbonyl (C=O) groups excluding carboxylic acids is 1. The van der Waals surface area contributed by atoms with E-state index in [-0.39, 0.29) is 11.7 Å². The summed E-state index contributed by atoms with van der Waals surface area (Å²) in [7, 11) is 0. The number of rotatable bonds is 3. The zero-order valence-corrected chi connectivity index (χ0v) is 13.3. The molecule has 3 nitrogen and oxygen atoms in total. The van der Waals surface area contributed by atoms with Gasteiger partial charge in [-0.3, -0.25) is 4.79 Å². The second-order valence-electron chi connectivity index (χ2n) is 7.18. The summed E-state index contributed by atoms with van der Waals surface area (Å²) in [6.45, 7) is 8.85. The Balaban J connectivity index is 2.14. The molecule has 2 rings (SSSR count). The summed E-state index contributed by atoms with van der Waals surface area (Å²) in [5.74, 6) is 2.31. The van der Waals surface area contributed by atoms with Gasteiger partial charge in [0.25, 0.3) is 0 Å². The van der Waals surface area contributed by atoms with Gasteiger partial charge in [-0.1, -0.05) is 20.3 Å². The van der Waals surface area contributed by atoms with Crippen LogP contribution in [0, 0.1) is 29.6 Å². The monoisotopic (exact) mass is 282 g/mol. The van der Waals surface area contributed by atoms with Gasteiger partial charge in [-0.05, 0) is 62.7 Å². The molecule has 0 bridgehead atoms. The van der Waals surface area contributed by atoms with Gasteiger partial charge < -0.3 is 9.84 Å². The van der Waals surface area contributed by atoms with E-state index >= 15 is 0 Å². The molecular weight excluding hydrogens is 252 g/mol. The number of aliphatic hydroxyl groups is 1. The smallest absolute Gasteiger partial charge is 0.158 e. The van der Waals surface area contributed by atoms with Crippen molar-refractivity contribution in [3.63, 3.8) is 0 Å². The van der Waals surface area contributed by atoms with E-state index in [9.17, 15) is 9.90 Å². The van der Waals surface area contributed by atoms with Crippen molar-refractivity contribution in [2.24, 2.45) is 29.6 Å². The van der Waals surface area contributed by atoms with E-state index in [0.29, 0.717) is 23.9 Å². The molecule has 1 saturated carbocycles. The largest absolute Gasteiger partial charge is 0.385 e. The van der Waals surface area contributed by atoms with Crippen LogP contribution in [0.2, 0.25) is 0 Å². The van der Waals surface area contributed by atoms with Crippen LogP contribution in [0.25, 0.3) is 0 Å². The molecule has 7 atom stereocenters. The van der Waals surface area contributed by atoms with Crippen molar-refractivity contribution in [1.82, 2.24) is 0 Å². The van der Waals surface area contributed by atoms with Crippen LogP contribution in [0.5, 0.6) is 0 Å². The highest BCUT2D eigenvalue weighted by atomic mass is 16.5. The van der Waals surface area contributed by atoms with Crippen LogP contribution in [0.1, 0.15) is 53.4 Å². The third-order valence-corrected chi connectivity index (χ3v) is 5.86. The summed E-state index contributed by atoms with van der Waals surface area (Å²) in [4.78, 5) is 11.5. The fourth-order valence-corrected chi connectivity index (χ4v) is 4.41. The standard InChI is InChI=1S/C17H30O3/c1-10-5-7-15(12(3)17(19)13(4)18)16-9-20-11(2)6-8-14(10)16/h10-12,14-17,19H,5-9H2,1-4H3/t10-,11?,12?,14?,15+,16?,17?/m1/s1. The summed E-state index contributed by atoms with van der Waals surface area (Å²) >= 11 is 0. The lowest BCUT2D eigenvalue weighted by Crippen LogP contribution is -2.43. The van der Waals surface area contributed by atoms with Gasteiger partial charge in [0.1, 0.15) is 6.10 Å². The molecule has 2 aliphatic rings. The van der Waals surface area contributed by atoms with Gasteiger partial charge >= 0.3 is 0 Å². The fraction of sp³-hybridized carbons (Fsp3) is 0.941. The summed E-state index contributed by atoms with van der Waals surface area (Å²) < 4.78 is 5.97. The number of aliphatic hydroxyl groups excluding tert-OH is 1. The van der Waals surface area contributed by atoms with Crippen LogP contribution in [0.3, 0.4) is 0 Å². The molecular formula is C17H30O3. The maximum Gasteiger partial charge on any atom is 0.158 e. The number of carbonyl (C=O) groups is 1. The Morgan fingerprint density at radius 1 is 1.15 bits per heavy atom. The highest BCUT2D eigenvalue weighted by Gasteiger charge is 2.43. The normalized spacial score (nSPS) is 41.4. The summed E-state index contributed by atoms with van der Waals surface area (Å²) in [5, 5.41) is 10.1. The number of hydrogen-bond acceptors (Lipinski definition) is 3. The maximum atomic E-state index is 11.5. The quantitative estimate of drug-likeness (QED) is 0.865. The lowest BCUT2D eigenvalue weighted by molar-refractivity contribution is -0.130. The molecule has 0 aromatic rings. The van der Waals surface area contributed by atoms with Crippen LogP contribution in [0.15, 0.2) is 0 Å². The number of hydrogen-bond donors (Lipinski definition) is 1. The minimum atomic E-state index is -0.810. The summed E-state index contributed by atoms with van der Waals surface area (Å²) in [6.07, 6.45) is 4.24. The predicted octanol–water partition coefficient (Wildman–Crippen LogP) is 3.05. The highest BCUT2D eigenvalue weighted by Crippen LogP contribution is 2.46. The van der Waals surface area contributed by atoms with Gasteiger partial charge in [0.2, 0.25) is 0 Å². The molecule has 0 aromatic heterocycles. The van der Waals surface area contributed by atoms with Crippen molar-refractivity contribution < 1.29 is 14.6 Å². The molecule has 3 heteroatoms. The molecule has 0 amide bonds. The van der Waals surface area contributed by atoms with E-state index in [4.69, 9.17) is 4.74 Å². The zero-order chi connectivity index (χ0) is 14.9. The van der Waals surface area contributed by atoms with Gasteiger partial charge in [0, 0.05) is 0 Å². The Morgan fingerprint density at radius 2 is 1.85 bits per heavy atom. The zero-order valence-electron chi connectivity index (χ0n) is 13.3. The van der Waals surface area contributed by atoms with E-state index in [1.165, 1.54) is 19.8 Å². The van der Waals surface area contributed by atoms with E-state index in [1.54, 1.807) is 0 Å². The first-order chi connectivity index (χ1) is 9.41. The Morgan fingerprint density at radius 3 is 2.50 bits per heavy atom. The molecule has 1 saturated heterocycles. The average Bonchev–Trinajstić information content (AvgIpc) is 2.61. The molecule has 1 N–H and O–H groups in total. The van der Waals surface area contributed by atoms with Gasteiger partial charge in [-0.2, -0.15) is 0 Å². The lowest BCUT2D eigenvalue weighted by atomic mass is 9.62. The van der Waals surface area contributed by atoms with Gasteiger partial charge in [0.05, 0.1) is 12.7 Å². The molecule has 1 aliphatic heterocycles. The molecule has 0 radical (unpaired) electrons. The lowest BCUT2D eigenvalue weighted by Gasteiger charge is -2.44. The number of fused-ring (bicyclic) bond motifs is 1. The van der Waals surface area contributed by atoms with E-state index in [0.717, 1.165) is 25.4 Å². The summed E-state index contributed by atoms with van der Waals surface area (Å²) in [5.41, 5.74) is 0. The number of ether oxygens (including phenoxy) is 1. The van der Waals surface area contributed by atoms with E-state index in [1.807, 2.05) is 6.92 Å². The van der Waals surface area contributed by atoms with Gasteiger partial charge in [-0.25, -0.2) is 0 Å². The fourth-order valence-electron chi connectivity index (χ4n) is 4.41. The topological polar surface area (TPSA) is 46.5 Å². The van der Waals surface area contributed by atoms with Crippen LogP contribution in [-0.4, -0.2) is 29.7 Å². The molecule has 0 spiro atoms. The first kappa shape index (κ1) is 16.0. The van der Waals surface area contributed by atoms with Gasteiger partial charge in [0.15, 0.2) is 5.78 Å². The molecule has 20 heavy (non-hydrogen) atoms. The Bertz CT molecular complexity index is 341. The van der Waals surface area contributed by atoms with Crippen LogP contribution >= 0.6 is 0 Å². The molecule has 2 fully saturated rings. The molecule has 116 valence electrons. The van der Waals surface area contributed by atoms with Crippen molar-refractivity contribution >= 4 is 5.78 Å². The first-order valence-electron chi connectivity index (χ1n) is 8.22. The van der Waals surface area contributed by atoms with Crippen LogP contribution in [0.4, 0.5) is 0 Å². The average molecular weight is 282 g/mol. The number of ketones is 1. The predicted molar refractivity (Wildman–Crippen MR) is 79.4 cm³/mol. The molecule has 1 heterocycles. The van der Waals surface area contributed by atoms with Crippen LogP contribution < -0.4 is 0 Å². The van der Waals surface area contributed by atoms with Crippen molar-refractivity contribution in [2.75, 3.05) is 6.61 Å². The minimum Gasteiger partial charge on any atom is -0.385 e. The van der Waals surface area contributed by atoms with Crippen molar-refractivity contribution in [3.05, 3.63) is 0 Å². The molecule has 1 aliphatic carbocycles. The van der Waals surface area contributed by atoms with Crippen molar-refractivity contribution in [3.8, 4) is 0 Å². The van der Waals surface area contributed by atoms with Gasteiger partial charge in [-0.15, -0.1) is 0 Å². The van der Waals surface area contributed by atoms with E-state index < -0.39 is 6.10 Å². The highest BCUT2D eigenvalue weighted by molar-refractivity contribution is 5.80. The second-order valence-corrected chi connectivity index (χ2v) is 7.18. The molecule has 5 unspecified atom stereocenters. The third-order valence-electron chi connectivity index (χ3n) is 5.86. The number of Topliss-reactive ketones (excluding diaryl/α,β-unsaturated/α-hetero) is 1. The maximum absolute atomic E-state index is 11.5. The Labute approximate surface area is 123 Å². The van der Waals surface area contributed by atoms with Crippen LogP contribution in [-0.2, 0) is 9.53 Å². The first-order valence-corrected chi connectivity index (χ1v) is 8.22. The summed E-state index contributed by atoms with van der Waals surface area (Å²) in [6, 6.07) is 0. The van der Waals surface area contributed by atoms with Crippen molar-refractivity contribution in [2.45, 2.75) is 65.6 Å².